The second-order valence-corrected chi connectivity index (χ2v) is 3.22. The summed E-state index contributed by atoms with van der Waals surface area (Å²) < 4.78 is 9.24. The van der Waals surface area contributed by atoms with Crippen LogP contribution in [0.25, 0.3) is 0 Å². The van der Waals surface area contributed by atoms with Gasteiger partial charge in [0.1, 0.15) is 0 Å². The van der Waals surface area contributed by atoms with Crippen LogP contribution in [0.3, 0.4) is 0 Å². The van der Waals surface area contributed by atoms with Gasteiger partial charge in [-0.2, -0.15) is 0 Å². The molecule has 4 nitrogen and oxygen atoms in total. The highest BCUT2D eigenvalue weighted by Crippen LogP contribution is 2.30. The summed E-state index contributed by atoms with van der Waals surface area (Å²) in [7, 11) is 2.43. The fourth-order valence-corrected chi connectivity index (χ4v) is 1.35. The highest BCUT2D eigenvalue weighted by atomic mass is 16.5. The lowest BCUT2D eigenvalue weighted by Crippen LogP contribution is -2.40. The highest BCUT2D eigenvalue weighted by molar-refractivity contribution is 6.00. The molecule has 16 heavy (non-hydrogen) atoms. The van der Waals surface area contributed by atoms with Crippen LogP contribution in [0, 0.1) is 17.8 Å². The average molecular weight is 224 g/mol. The SMILES string of the molecule is C#CCC(C/C=C/C)(C(=O)OC)C(=O)OC. The molecule has 0 heterocycles. The molecule has 0 aliphatic carbocycles. The van der Waals surface area contributed by atoms with Crippen LogP contribution in [0.4, 0.5) is 0 Å². The number of methoxy groups -OCH3 is 2. The standard InChI is InChI=1S/C12H16O4/c1-5-7-9-12(8-6-2,10(13)15-3)11(14)16-4/h2,5,7H,8-9H2,1,3-4H3/b7-5+. The first-order valence-corrected chi connectivity index (χ1v) is 4.80. The summed E-state index contributed by atoms with van der Waals surface area (Å²) >= 11 is 0. The summed E-state index contributed by atoms with van der Waals surface area (Å²) in [6, 6.07) is 0. The summed E-state index contributed by atoms with van der Waals surface area (Å²) in [6.07, 6.45) is 8.73. The molecule has 0 rings (SSSR count). The van der Waals surface area contributed by atoms with Crippen molar-refractivity contribution in [3.05, 3.63) is 12.2 Å². The summed E-state index contributed by atoms with van der Waals surface area (Å²) in [5.41, 5.74) is -1.43. The molecule has 0 saturated carbocycles. The average Bonchev–Trinajstić information content (AvgIpc) is 2.32. The van der Waals surface area contributed by atoms with Gasteiger partial charge in [-0.25, -0.2) is 0 Å². The number of hydrogen-bond donors (Lipinski definition) is 0. The lowest BCUT2D eigenvalue weighted by atomic mass is 9.81. The smallest absolute Gasteiger partial charge is 0.324 e. The van der Waals surface area contributed by atoms with E-state index in [0.29, 0.717) is 0 Å². The van der Waals surface area contributed by atoms with E-state index >= 15 is 0 Å². The predicted octanol–water partition coefficient (Wildman–Crippen LogP) is 1.31. The molecule has 0 atom stereocenters. The molecule has 0 amide bonds. The fourth-order valence-electron chi connectivity index (χ4n) is 1.35. The molecule has 0 N–H and O–H groups in total. The van der Waals surface area contributed by atoms with E-state index in [1.807, 2.05) is 0 Å². The van der Waals surface area contributed by atoms with Crippen LogP contribution in [0.5, 0.6) is 0 Å². The van der Waals surface area contributed by atoms with E-state index in [9.17, 15) is 9.59 Å². The number of carbonyl (C=O) groups excluding carboxylic acids is 2. The maximum atomic E-state index is 11.7. The maximum absolute atomic E-state index is 11.7. The summed E-state index contributed by atoms with van der Waals surface area (Å²) in [6.45, 7) is 1.79. The zero-order chi connectivity index (χ0) is 12.6. The first-order chi connectivity index (χ1) is 7.58. The number of carbonyl (C=O) groups is 2. The van der Waals surface area contributed by atoms with E-state index in [2.05, 4.69) is 15.4 Å². The molecule has 0 radical (unpaired) electrons. The van der Waals surface area contributed by atoms with Crippen molar-refractivity contribution in [1.29, 1.82) is 0 Å². The van der Waals surface area contributed by atoms with Crippen molar-refractivity contribution in [1.82, 2.24) is 0 Å². The lowest BCUT2D eigenvalue weighted by molar-refractivity contribution is -0.168. The maximum Gasteiger partial charge on any atom is 0.324 e. The summed E-state index contributed by atoms with van der Waals surface area (Å²) in [4.78, 5) is 23.4. The van der Waals surface area contributed by atoms with Crippen molar-refractivity contribution in [2.45, 2.75) is 19.8 Å². The molecule has 0 fully saturated rings. The third kappa shape index (κ3) is 2.86. The monoisotopic (exact) mass is 224 g/mol. The van der Waals surface area contributed by atoms with Gasteiger partial charge in [-0.05, 0) is 13.3 Å². The van der Waals surface area contributed by atoms with Crippen molar-refractivity contribution in [2.24, 2.45) is 5.41 Å². The van der Waals surface area contributed by atoms with Gasteiger partial charge >= 0.3 is 11.9 Å². The van der Waals surface area contributed by atoms with Crippen molar-refractivity contribution >= 4 is 11.9 Å². The van der Waals surface area contributed by atoms with Crippen molar-refractivity contribution in [2.75, 3.05) is 14.2 Å². The Hall–Kier alpha value is -1.76. The van der Waals surface area contributed by atoms with Crippen molar-refractivity contribution in [3.63, 3.8) is 0 Å². The van der Waals surface area contributed by atoms with Crippen molar-refractivity contribution < 1.29 is 19.1 Å². The van der Waals surface area contributed by atoms with Gasteiger partial charge in [0, 0.05) is 6.42 Å². The second-order valence-electron chi connectivity index (χ2n) is 3.22. The molecular formula is C12H16O4. The second kappa shape index (κ2) is 6.67. The first-order valence-electron chi connectivity index (χ1n) is 4.80. The Morgan fingerprint density at radius 2 is 1.81 bits per heavy atom. The number of hydrogen-bond acceptors (Lipinski definition) is 4. The summed E-state index contributed by atoms with van der Waals surface area (Å²) in [5.74, 6) is 0.971. The Morgan fingerprint density at radius 3 is 2.12 bits per heavy atom. The summed E-state index contributed by atoms with van der Waals surface area (Å²) in [5, 5.41) is 0. The minimum Gasteiger partial charge on any atom is -0.468 e. The van der Waals surface area contributed by atoms with Crippen LogP contribution in [-0.4, -0.2) is 26.2 Å². The van der Waals surface area contributed by atoms with Gasteiger partial charge in [0.15, 0.2) is 5.41 Å². The number of ether oxygens (including phenoxy) is 2. The van der Waals surface area contributed by atoms with Gasteiger partial charge in [-0.1, -0.05) is 12.2 Å². The minimum atomic E-state index is -1.43. The van der Waals surface area contributed by atoms with Crippen LogP contribution < -0.4 is 0 Å². The zero-order valence-electron chi connectivity index (χ0n) is 9.78. The highest BCUT2D eigenvalue weighted by Gasteiger charge is 2.46. The molecule has 0 bridgehead atoms. The van der Waals surface area contributed by atoms with Gasteiger partial charge in [0.2, 0.25) is 0 Å². The fraction of sp³-hybridized carbons (Fsp3) is 0.500. The Morgan fingerprint density at radius 1 is 1.31 bits per heavy atom. The molecular weight excluding hydrogens is 208 g/mol. The van der Waals surface area contributed by atoms with E-state index in [-0.39, 0.29) is 12.8 Å². The molecule has 0 unspecified atom stereocenters. The third-order valence-corrected chi connectivity index (χ3v) is 2.26. The van der Waals surface area contributed by atoms with E-state index < -0.39 is 17.4 Å². The normalized spacial score (nSPS) is 10.9. The molecule has 0 spiro atoms. The molecule has 0 aliphatic heterocycles. The van der Waals surface area contributed by atoms with Crippen LogP contribution in [0.15, 0.2) is 12.2 Å². The van der Waals surface area contributed by atoms with E-state index in [4.69, 9.17) is 6.42 Å². The van der Waals surface area contributed by atoms with Gasteiger partial charge in [0.05, 0.1) is 14.2 Å². The van der Waals surface area contributed by atoms with Gasteiger partial charge in [-0.3, -0.25) is 9.59 Å². The molecule has 4 heteroatoms. The molecule has 0 saturated heterocycles. The Balaban J connectivity index is 5.29. The molecule has 0 aromatic heterocycles. The van der Waals surface area contributed by atoms with E-state index in [0.717, 1.165) is 0 Å². The molecule has 0 aliphatic rings. The van der Waals surface area contributed by atoms with Gasteiger partial charge in [-0.15, -0.1) is 12.3 Å². The number of terminal acetylenes is 1. The van der Waals surface area contributed by atoms with Crippen LogP contribution in [-0.2, 0) is 19.1 Å². The largest absolute Gasteiger partial charge is 0.468 e. The van der Waals surface area contributed by atoms with Gasteiger partial charge in [0.25, 0.3) is 0 Å². The Bertz CT molecular complexity index is 306. The number of esters is 2. The lowest BCUT2D eigenvalue weighted by Gasteiger charge is -2.24. The van der Waals surface area contributed by atoms with Crippen LogP contribution >= 0.6 is 0 Å². The topological polar surface area (TPSA) is 52.6 Å². The predicted molar refractivity (Wildman–Crippen MR) is 59.3 cm³/mol. The minimum absolute atomic E-state index is 0.0450. The number of rotatable bonds is 5. The zero-order valence-corrected chi connectivity index (χ0v) is 9.78. The van der Waals surface area contributed by atoms with Gasteiger partial charge < -0.3 is 9.47 Å². The third-order valence-electron chi connectivity index (χ3n) is 2.26. The Kier molecular flexibility index (Phi) is 5.94. The van der Waals surface area contributed by atoms with Crippen LogP contribution in [0.2, 0.25) is 0 Å². The molecule has 0 aromatic carbocycles. The van der Waals surface area contributed by atoms with Crippen LogP contribution in [0.1, 0.15) is 19.8 Å². The Labute approximate surface area is 95.6 Å². The quantitative estimate of drug-likeness (QED) is 0.306. The van der Waals surface area contributed by atoms with Crippen molar-refractivity contribution in [3.8, 4) is 12.3 Å². The molecule has 0 aromatic rings. The first kappa shape index (κ1) is 14.2. The van der Waals surface area contributed by atoms with E-state index in [1.54, 1.807) is 19.1 Å². The van der Waals surface area contributed by atoms with E-state index in [1.165, 1.54) is 14.2 Å². The molecule has 88 valence electrons. The number of allylic oxidation sites excluding steroid dienone is 2.